The summed E-state index contributed by atoms with van der Waals surface area (Å²) in [4.78, 5) is 12.0. The van der Waals surface area contributed by atoms with E-state index in [-0.39, 0.29) is 18.0 Å². The van der Waals surface area contributed by atoms with Gasteiger partial charge in [-0.1, -0.05) is 34.1 Å². The van der Waals surface area contributed by atoms with Crippen LogP contribution >= 0.6 is 15.9 Å². The van der Waals surface area contributed by atoms with Gasteiger partial charge in [-0.3, -0.25) is 4.79 Å². The molecule has 1 aliphatic heterocycles. The Bertz CT molecular complexity index is 439. The van der Waals surface area contributed by atoms with Gasteiger partial charge in [0.2, 0.25) is 5.91 Å². The first-order chi connectivity index (χ1) is 8.58. The van der Waals surface area contributed by atoms with Crippen LogP contribution in [0.15, 0.2) is 28.7 Å². The molecular formula is C13H17BrN2O2. The summed E-state index contributed by atoms with van der Waals surface area (Å²) in [6.45, 7) is 2.44. The van der Waals surface area contributed by atoms with Crippen LogP contribution in [0.5, 0.6) is 0 Å². The lowest BCUT2D eigenvalue weighted by molar-refractivity contribution is -0.123. The summed E-state index contributed by atoms with van der Waals surface area (Å²) in [5.41, 5.74) is 1.05. The molecular weight excluding hydrogens is 296 g/mol. The average Bonchev–Trinajstić information content (AvgIpc) is 2.76. The van der Waals surface area contributed by atoms with Crippen LogP contribution in [0.2, 0.25) is 0 Å². The van der Waals surface area contributed by atoms with Crippen molar-refractivity contribution < 1.29 is 9.90 Å². The maximum Gasteiger partial charge on any atom is 0.237 e. The maximum absolute atomic E-state index is 12.0. The molecule has 4 nitrogen and oxygen atoms in total. The molecule has 1 aliphatic rings. The molecule has 1 saturated heterocycles. The molecule has 18 heavy (non-hydrogen) atoms. The molecule has 0 spiro atoms. The van der Waals surface area contributed by atoms with E-state index in [2.05, 4.69) is 26.6 Å². The fraction of sp³-hybridized carbons (Fsp3) is 0.462. The molecule has 5 heteroatoms. The second kappa shape index (κ2) is 5.82. The number of hydrogen-bond donors (Lipinski definition) is 3. The van der Waals surface area contributed by atoms with Gasteiger partial charge in [-0.25, -0.2) is 0 Å². The van der Waals surface area contributed by atoms with Crippen LogP contribution in [0.1, 0.15) is 24.9 Å². The number of carbonyl (C=O) groups excluding carboxylic acids is 1. The minimum atomic E-state index is -0.417. The maximum atomic E-state index is 12.0. The van der Waals surface area contributed by atoms with Crippen LogP contribution in [0, 0.1) is 0 Å². The summed E-state index contributed by atoms with van der Waals surface area (Å²) >= 11 is 3.47. The van der Waals surface area contributed by atoms with Crippen molar-refractivity contribution >= 4 is 21.8 Å². The van der Waals surface area contributed by atoms with Gasteiger partial charge in [0.05, 0.1) is 18.2 Å². The molecule has 0 aromatic heterocycles. The molecule has 2 rings (SSSR count). The molecule has 0 radical (unpaired) electrons. The van der Waals surface area contributed by atoms with Gasteiger partial charge in [-0.05, 0) is 25.0 Å². The zero-order valence-corrected chi connectivity index (χ0v) is 11.8. The molecule has 3 atom stereocenters. The first-order valence-electron chi connectivity index (χ1n) is 6.04. The van der Waals surface area contributed by atoms with E-state index in [0.29, 0.717) is 13.0 Å². The van der Waals surface area contributed by atoms with E-state index in [1.165, 1.54) is 0 Å². The third-order valence-electron chi connectivity index (χ3n) is 3.15. The van der Waals surface area contributed by atoms with Crippen molar-refractivity contribution in [1.29, 1.82) is 0 Å². The van der Waals surface area contributed by atoms with E-state index in [1.54, 1.807) is 0 Å². The van der Waals surface area contributed by atoms with Gasteiger partial charge in [-0.15, -0.1) is 0 Å². The monoisotopic (exact) mass is 312 g/mol. The van der Waals surface area contributed by atoms with Gasteiger partial charge < -0.3 is 15.7 Å². The number of aliphatic hydroxyl groups excluding tert-OH is 1. The van der Waals surface area contributed by atoms with Crippen molar-refractivity contribution in [1.82, 2.24) is 10.6 Å². The Kier molecular flexibility index (Phi) is 4.37. The second-order valence-electron chi connectivity index (χ2n) is 4.60. The van der Waals surface area contributed by atoms with E-state index < -0.39 is 6.10 Å². The third kappa shape index (κ3) is 3.10. The highest BCUT2D eigenvalue weighted by atomic mass is 79.9. The lowest BCUT2D eigenvalue weighted by Crippen LogP contribution is -2.41. The summed E-state index contributed by atoms with van der Waals surface area (Å²) in [7, 11) is 0. The lowest BCUT2D eigenvalue weighted by Gasteiger charge is -2.18. The van der Waals surface area contributed by atoms with Crippen molar-refractivity contribution in [2.75, 3.05) is 6.54 Å². The van der Waals surface area contributed by atoms with Crippen LogP contribution in [-0.2, 0) is 4.79 Å². The van der Waals surface area contributed by atoms with Crippen LogP contribution in [0.3, 0.4) is 0 Å². The van der Waals surface area contributed by atoms with Crippen molar-refractivity contribution in [3.63, 3.8) is 0 Å². The fourth-order valence-electron chi connectivity index (χ4n) is 2.13. The predicted octanol–water partition coefficient (Wildman–Crippen LogP) is 1.35. The Morgan fingerprint density at radius 2 is 2.28 bits per heavy atom. The van der Waals surface area contributed by atoms with E-state index in [0.717, 1.165) is 10.0 Å². The normalized spacial score (nSPS) is 24.8. The number of amides is 1. The highest BCUT2D eigenvalue weighted by molar-refractivity contribution is 9.10. The van der Waals surface area contributed by atoms with Gasteiger partial charge in [0, 0.05) is 11.0 Å². The Hall–Kier alpha value is -0.910. The summed E-state index contributed by atoms with van der Waals surface area (Å²) in [5.74, 6) is -0.0604. The number of nitrogens with one attached hydrogen (secondary N) is 2. The van der Waals surface area contributed by atoms with Gasteiger partial charge >= 0.3 is 0 Å². The molecule has 0 saturated carbocycles. The van der Waals surface area contributed by atoms with E-state index in [4.69, 9.17) is 0 Å². The van der Waals surface area contributed by atoms with Crippen molar-refractivity contribution in [2.45, 2.75) is 31.5 Å². The smallest absolute Gasteiger partial charge is 0.237 e. The number of β-amino-alcohol motifs (C(OH)–C–C–N with tert-alkyl or cyclic N) is 1. The summed E-state index contributed by atoms with van der Waals surface area (Å²) in [5, 5.41) is 15.4. The number of aliphatic hydroxyl groups is 1. The van der Waals surface area contributed by atoms with Gasteiger partial charge in [0.15, 0.2) is 0 Å². The molecule has 98 valence electrons. The summed E-state index contributed by atoms with van der Waals surface area (Å²) < 4.78 is 0.984. The Morgan fingerprint density at radius 3 is 2.89 bits per heavy atom. The first kappa shape index (κ1) is 13.5. The number of hydrogen-bond acceptors (Lipinski definition) is 3. The number of carbonyl (C=O) groups is 1. The van der Waals surface area contributed by atoms with Crippen LogP contribution in [0.4, 0.5) is 0 Å². The largest absolute Gasteiger partial charge is 0.392 e. The Balaban J connectivity index is 1.97. The van der Waals surface area contributed by atoms with E-state index >= 15 is 0 Å². The average molecular weight is 313 g/mol. The molecule has 0 bridgehead atoms. The van der Waals surface area contributed by atoms with Crippen molar-refractivity contribution in [3.05, 3.63) is 34.3 Å². The van der Waals surface area contributed by atoms with Crippen LogP contribution in [-0.4, -0.2) is 29.7 Å². The van der Waals surface area contributed by atoms with Crippen molar-refractivity contribution in [3.8, 4) is 0 Å². The zero-order valence-electron chi connectivity index (χ0n) is 10.2. The van der Waals surface area contributed by atoms with E-state index in [1.807, 2.05) is 31.2 Å². The third-order valence-corrected chi connectivity index (χ3v) is 3.88. The van der Waals surface area contributed by atoms with Crippen molar-refractivity contribution in [2.24, 2.45) is 0 Å². The molecule has 1 heterocycles. The Morgan fingerprint density at radius 1 is 1.56 bits per heavy atom. The van der Waals surface area contributed by atoms with Gasteiger partial charge in [-0.2, -0.15) is 0 Å². The number of benzene rings is 1. The lowest BCUT2D eigenvalue weighted by atomic mass is 10.1. The zero-order chi connectivity index (χ0) is 13.1. The van der Waals surface area contributed by atoms with Gasteiger partial charge in [0.25, 0.3) is 0 Å². The SMILES string of the molecule is C[C@H](NC(=O)[C@H]1C[C@@H](O)CN1)c1ccccc1Br. The van der Waals surface area contributed by atoms with Crippen LogP contribution < -0.4 is 10.6 Å². The molecule has 0 unspecified atom stereocenters. The molecule has 1 aromatic rings. The first-order valence-corrected chi connectivity index (χ1v) is 6.83. The highest BCUT2D eigenvalue weighted by Crippen LogP contribution is 2.23. The molecule has 1 aromatic carbocycles. The molecule has 3 N–H and O–H groups in total. The standard InChI is InChI=1S/C13H17BrN2O2/c1-8(10-4-2-3-5-11(10)14)16-13(18)12-6-9(17)7-15-12/h2-5,8-9,12,15,17H,6-7H2,1H3,(H,16,18)/t8-,9+,12+/m0/s1. The quantitative estimate of drug-likeness (QED) is 0.789. The number of rotatable bonds is 3. The summed E-state index contributed by atoms with van der Waals surface area (Å²) in [6, 6.07) is 7.47. The van der Waals surface area contributed by atoms with Crippen LogP contribution in [0.25, 0.3) is 0 Å². The molecule has 1 amide bonds. The fourth-order valence-corrected chi connectivity index (χ4v) is 2.76. The number of halogens is 1. The van der Waals surface area contributed by atoms with E-state index in [9.17, 15) is 9.90 Å². The predicted molar refractivity (Wildman–Crippen MR) is 73.1 cm³/mol. The van der Waals surface area contributed by atoms with Gasteiger partial charge in [0.1, 0.15) is 0 Å². The minimum Gasteiger partial charge on any atom is -0.392 e. The molecule has 0 aliphatic carbocycles. The summed E-state index contributed by atoms with van der Waals surface area (Å²) in [6.07, 6.45) is 0.0636. The molecule has 1 fully saturated rings. The Labute approximate surface area is 115 Å². The minimum absolute atomic E-state index is 0.0604. The highest BCUT2D eigenvalue weighted by Gasteiger charge is 2.28. The second-order valence-corrected chi connectivity index (χ2v) is 5.46. The topological polar surface area (TPSA) is 61.4 Å².